The fraction of sp³-hybridized carbons (Fsp3) is 0.125. The van der Waals surface area contributed by atoms with Gasteiger partial charge in [-0.3, -0.25) is 0 Å². The SMILES string of the molecule is Cc1nc(NN)c(C)c(Nc2ccc3ccccc3c2)n1. The number of fused-ring (bicyclic) bond motifs is 1. The average Bonchev–Trinajstić information content (AvgIpc) is 2.50. The van der Waals surface area contributed by atoms with Crippen LogP contribution in [0.15, 0.2) is 42.5 Å². The van der Waals surface area contributed by atoms with Crippen LogP contribution >= 0.6 is 0 Å². The third-order valence-corrected chi connectivity index (χ3v) is 3.41. The summed E-state index contributed by atoms with van der Waals surface area (Å²) in [7, 11) is 0. The first kappa shape index (κ1) is 13.3. The van der Waals surface area contributed by atoms with Gasteiger partial charge >= 0.3 is 0 Å². The third-order valence-electron chi connectivity index (χ3n) is 3.41. The summed E-state index contributed by atoms with van der Waals surface area (Å²) in [6, 6.07) is 14.5. The molecule has 0 bridgehead atoms. The van der Waals surface area contributed by atoms with E-state index in [-0.39, 0.29) is 0 Å². The van der Waals surface area contributed by atoms with Crippen LogP contribution in [-0.2, 0) is 0 Å². The van der Waals surface area contributed by atoms with E-state index in [2.05, 4.69) is 45.0 Å². The molecule has 0 saturated carbocycles. The molecule has 3 rings (SSSR count). The average molecular weight is 279 g/mol. The molecule has 1 heterocycles. The van der Waals surface area contributed by atoms with Crippen LogP contribution in [0.4, 0.5) is 17.3 Å². The molecule has 5 heteroatoms. The summed E-state index contributed by atoms with van der Waals surface area (Å²) in [5, 5.41) is 5.73. The van der Waals surface area contributed by atoms with Crippen molar-refractivity contribution in [2.24, 2.45) is 5.84 Å². The molecule has 106 valence electrons. The molecule has 3 aromatic rings. The van der Waals surface area contributed by atoms with E-state index in [1.807, 2.05) is 32.0 Å². The van der Waals surface area contributed by atoms with Gasteiger partial charge in [-0.05, 0) is 36.8 Å². The molecule has 0 spiro atoms. The van der Waals surface area contributed by atoms with E-state index in [1.54, 1.807) is 0 Å². The lowest BCUT2D eigenvalue weighted by molar-refractivity contribution is 1.03. The molecular formula is C16H17N5. The van der Waals surface area contributed by atoms with Gasteiger partial charge in [0.15, 0.2) is 0 Å². The van der Waals surface area contributed by atoms with Gasteiger partial charge in [0.1, 0.15) is 17.5 Å². The Labute approximate surface area is 123 Å². The maximum Gasteiger partial charge on any atom is 0.148 e. The summed E-state index contributed by atoms with van der Waals surface area (Å²) in [5.74, 6) is 7.54. The number of aromatic nitrogens is 2. The summed E-state index contributed by atoms with van der Waals surface area (Å²) in [6.07, 6.45) is 0. The number of rotatable bonds is 3. The zero-order chi connectivity index (χ0) is 14.8. The first-order chi connectivity index (χ1) is 10.2. The Morgan fingerprint density at radius 1 is 0.905 bits per heavy atom. The number of nitrogens with zero attached hydrogens (tertiary/aromatic N) is 2. The van der Waals surface area contributed by atoms with Gasteiger partial charge in [0, 0.05) is 11.3 Å². The van der Waals surface area contributed by atoms with Gasteiger partial charge in [-0.2, -0.15) is 0 Å². The van der Waals surface area contributed by atoms with E-state index in [0.29, 0.717) is 11.6 Å². The van der Waals surface area contributed by atoms with Crippen molar-refractivity contribution in [3.8, 4) is 0 Å². The number of nitrogens with one attached hydrogen (secondary N) is 2. The highest BCUT2D eigenvalue weighted by Gasteiger charge is 2.08. The van der Waals surface area contributed by atoms with Crippen LogP contribution in [0, 0.1) is 13.8 Å². The van der Waals surface area contributed by atoms with Crippen LogP contribution < -0.4 is 16.6 Å². The normalized spacial score (nSPS) is 10.6. The van der Waals surface area contributed by atoms with Gasteiger partial charge in [-0.1, -0.05) is 30.3 Å². The van der Waals surface area contributed by atoms with Crippen LogP contribution in [0.1, 0.15) is 11.4 Å². The molecule has 0 aliphatic rings. The van der Waals surface area contributed by atoms with Crippen molar-refractivity contribution in [3.63, 3.8) is 0 Å². The van der Waals surface area contributed by atoms with Gasteiger partial charge in [0.2, 0.25) is 0 Å². The zero-order valence-corrected chi connectivity index (χ0v) is 12.0. The lowest BCUT2D eigenvalue weighted by Crippen LogP contribution is -2.13. The number of hydrogen-bond donors (Lipinski definition) is 3. The Balaban J connectivity index is 2.00. The number of nitrogen functional groups attached to an aromatic ring is 1. The number of hydrogen-bond acceptors (Lipinski definition) is 5. The standard InChI is InChI=1S/C16H17N5/c1-10-15(18-11(2)19-16(10)21-17)20-14-8-7-12-5-3-4-6-13(12)9-14/h3-9H,17H2,1-2H3,(H2,18,19,20,21). The van der Waals surface area contributed by atoms with Crippen LogP contribution in [0.5, 0.6) is 0 Å². The largest absolute Gasteiger partial charge is 0.340 e. The summed E-state index contributed by atoms with van der Waals surface area (Å²) < 4.78 is 0. The van der Waals surface area contributed by atoms with Crippen molar-refractivity contribution in [2.45, 2.75) is 13.8 Å². The van der Waals surface area contributed by atoms with Crippen molar-refractivity contribution in [2.75, 3.05) is 10.7 Å². The Kier molecular flexibility index (Phi) is 3.41. The lowest BCUT2D eigenvalue weighted by Gasteiger charge is -2.13. The monoisotopic (exact) mass is 279 g/mol. The van der Waals surface area contributed by atoms with E-state index < -0.39 is 0 Å². The molecule has 0 aliphatic heterocycles. The first-order valence-corrected chi connectivity index (χ1v) is 6.75. The first-order valence-electron chi connectivity index (χ1n) is 6.75. The summed E-state index contributed by atoms with van der Waals surface area (Å²) in [6.45, 7) is 3.77. The zero-order valence-electron chi connectivity index (χ0n) is 12.0. The predicted molar refractivity (Wildman–Crippen MR) is 86.5 cm³/mol. The quantitative estimate of drug-likeness (QED) is 0.506. The van der Waals surface area contributed by atoms with E-state index >= 15 is 0 Å². The number of benzene rings is 2. The molecule has 0 fully saturated rings. The second-order valence-corrected chi connectivity index (χ2v) is 4.92. The lowest BCUT2D eigenvalue weighted by atomic mass is 10.1. The van der Waals surface area contributed by atoms with E-state index in [9.17, 15) is 0 Å². The fourth-order valence-corrected chi connectivity index (χ4v) is 2.29. The Hall–Kier alpha value is -2.66. The molecule has 1 aromatic heterocycles. The topological polar surface area (TPSA) is 75.9 Å². The fourth-order valence-electron chi connectivity index (χ4n) is 2.29. The minimum Gasteiger partial charge on any atom is -0.340 e. The second kappa shape index (κ2) is 5.38. The van der Waals surface area contributed by atoms with Gasteiger partial charge in [-0.25, -0.2) is 15.8 Å². The molecule has 0 saturated heterocycles. The molecule has 0 radical (unpaired) electrons. The number of aryl methyl sites for hydroxylation is 1. The highest BCUT2D eigenvalue weighted by molar-refractivity contribution is 5.86. The van der Waals surface area contributed by atoms with Crippen LogP contribution in [0.25, 0.3) is 10.8 Å². The molecule has 4 N–H and O–H groups in total. The van der Waals surface area contributed by atoms with Gasteiger partial charge in [0.25, 0.3) is 0 Å². The highest BCUT2D eigenvalue weighted by atomic mass is 15.3. The van der Waals surface area contributed by atoms with E-state index in [0.717, 1.165) is 17.1 Å². The van der Waals surface area contributed by atoms with E-state index in [4.69, 9.17) is 5.84 Å². The maximum atomic E-state index is 5.49. The number of anilines is 3. The highest BCUT2D eigenvalue weighted by Crippen LogP contribution is 2.25. The molecule has 0 atom stereocenters. The summed E-state index contributed by atoms with van der Waals surface area (Å²) in [5.41, 5.74) is 4.47. The van der Waals surface area contributed by atoms with Crippen molar-refractivity contribution in [1.82, 2.24) is 9.97 Å². The summed E-state index contributed by atoms with van der Waals surface area (Å²) >= 11 is 0. The molecule has 0 aliphatic carbocycles. The van der Waals surface area contributed by atoms with Crippen LogP contribution in [0.3, 0.4) is 0 Å². The Morgan fingerprint density at radius 2 is 1.62 bits per heavy atom. The van der Waals surface area contributed by atoms with Crippen molar-refractivity contribution in [3.05, 3.63) is 53.9 Å². The summed E-state index contributed by atoms with van der Waals surface area (Å²) in [4.78, 5) is 8.70. The predicted octanol–water partition coefficient (Wildman–Crippen LogP) is 3.28. The van der Waals surface area contributed by atoms with Gasteiger partial charge in [0.05, 0.1) is 0 Å². The van der Waals surface area contributed by atoms with Crippen LogP contribution in [0.2, 0.25) is 0 Å². The minimum atomic E-state index is 0.630. The van der Waals surface area contributed by atoms with Crippen molar-refractivity contribution in [1.29, 1.82) is 0 Å². The number of nitrogens with two attached hydrogens (primary N) is 1. The molecule has 5 nitrogen and oxygen atoms in total. The number of hydrazine groups is 1. The van der Waals surface area contributed by atoms with Crippen molar-refractivity contribution < 1.29 is 0 Å². The second-order valence-electron chi connectivity index (χ2n) is 4.92. The van der Waals surface area contributed by atoms with E-state index in [1.165, 1.54) is 10.8 Å². The molecule has 21 heavy (non-hydrogen) atoms. The van der Waals surface area contributed by atoms with Crippen LogP contribution in [-0.4, -0.2) is 9.97 Å². The minimum absolute atomic E-state index is 0.630. The molecule has 2 aromatic carbocycles. The Morgan fingerprint density at radius 3 is 2.38 bits per heavy atom. The third kappa shape index (κ3) is 2.64. The molecular weight excluding hydrogens is 262 g/mol. The smallest absolute Gasteiger partial charge is 0.148 e. The van der Waals surface area contributed by atoms with Gasteiger partial charge < -0.3 is 10.7 Å². The van der Waals surface area contributed by atoms with Gasteiger partial charge in [-0.15, -0.1) is 0 Å². The van der Waals surface area contributed by atoms with Crippen molar-refractivity contribution >= 4 is 28.1 Å². The molecule has 0 amide bonds. The Bertz CT molecular complexity index is 798. The molecule has 0 unspecified atom stereocenters. The maximum absolute atomic E-state index is 5.49.